The number of rotatable bonds is 3. The van der Waals surface area contributed by atoms with Gasteiger partial charge < -0.3 is 5.11 Å². The molecule has 1 N–H and O–H groups in total. The molecule has 2 heteroatoms. The van der Waals surface area contributed by atoms with Gasteiger partial charge in [0.05, 0.1) is 11.6 Å². The number of hydrogen-bond donors (Lipinski definition) is 1. The van der Waals surface area contributed by atoms with E-state index in [0.717, 1.165) is 28.8 Å². The molecule has 1 heterocycles. The Hall–Kier alpha value is -1.67. The summed E-state index contributed by atoms with van der Waals surface area (Å²) in [6, 6.07) is 10.1. The van der Waals surface area contributed by atoms with Crippen molar-refractivity contribution in [2.24, 2.45) is 23.7 Å². The monoisotopic (exact) mass is 293 g/mol. The number of fused-ring (bicyclic) bond motifs is 4. The van der Waals surface area contributed by atoms with Gasteiger partial charge in [-0.25, -0.2) is 0 Å². The average molecular weight is 293 g/mol. The van der Waals surface area contributed by atoms with Crippen molar-refractivity contribution in [1.29, 1.82) is 0 Å². The highest BCUT2D eigenvalue weighted by atomic mass is 16.3. The van der Waals surface area contributed by atoms with Crippen LogP contribution < -0.4 is 0 Å². The number of para-hydroxylation sites is 1. The number of nitrogens with zero attached hydrogens (tertiary/aromatic N) is 1. The van der Waals surface area contributed by atoms with E-state index >= 15 is 0 Å². The predicted octanol–water partition coefficient (Wildman–Crippen LogP) is 4.51. The standard InChI is InChI=1S/C20H23NO/c1-2-13-11-15-8-7-14(13)12-18(15)20(22)17-9-10-21-19-6-4-3-5-16(17)19/h2-6,9-10,13-15,18,20,22H,1,7-8,11-12H2/t13-,14+,15-,18-,20+/m1/s1. The topological polar surface area (TPSA) is 33.1 Å². The molecule has 2 aromatic rings. The fourth-order valence-electron chi connectivity index (χ4n) is 4.81. The SMILES string of the molecule is C=C[C@@H]1C[C@H]2CC[C@H]1C[C@H]2[C@@H](O)c1ccnc2ccccc12. The molecule has 0 unspecified atom stereocenters. The third kappa shape index (κ3) is 2.17. The maximum absolute atomic E-state index is 11.1. The summed E-state index contributed by atoms with van der Waals surface area (Å²) < 4.78 is 0. The number of benzene rings is 1. The van der Waals surface area contributed by atoms with Gasteiger partial charge >= 0.3 is 0 Å². The van der Waals surface area contributed by atoms with Crippen LogP contribution in [0.5, 0.6) is 0 Å². The van der Waals surface area contributed by atoms with Crippen LogP contribution in [0.15, 0.2) is 49.2 Å². The third-order valence-electron chi connectivity index (χ3n) is 5.98. The second-order valence-electron chi connectivity index (χ2n) is 6.99. The highest BCUT2D eigenvalue weighted by Gasteiger charge is 2.43. The highest BCUT2D eigenvalue weighted by Crippen LogP contribution is 2.52. The molecule has 0 aliphatic heterocycles. The molecule has 5 atom stereocenters. The summed E-state index contributed by atoms with van der Waals surface area (Å²) in [5.74, 6) is 2.40. The Balaban J connectivity index is 1.67. The van der Waals surface area contributed by atoms with Crippen LogP contribution in [0.2, 0.25) is 0 Å². The van der Waals surface area contributed by atoms with Crippen molar-refractivity contribution in [3.05, 3.63) is 54.7 Å². The van der Waals surface area contributed by atoms with Crippen LogP contribution in [-0.2, 0) is 0 Å². The lowest BCUT2D eigenvalue weighted by Crippen LogP contribution is -2.39. The van der Waals surface area contributed by atoms with Crippen LogP contribution in [-0.4, -0.2) is 10.1 Å². The summed E-state index contributed by atoms with van der Waals surface area (Å²) >= 11 is 0. The zero-order valence-electron chi connectivity index (χ0n) is 12.9. The molecule has 0 spiro atoms. The van der Waals surface area contributed by atoms with Gasteiger partial charge in [0.25, 0.3) is 0 Å². The van der Waals surface area contributed by atoms with Gasteiger partial charge in [0, 0.05) is 11.6 Å². The van der Waals surface area contributed by atoms with Gasteiger partial charge in [-0.15, -0.1) is 6.58 Å². The molecule has 0 saturated heterocycles. The molecule has 3 aliphatic rings. The van der Waals surface area contributed by atoms with E-state index in [1.165, 1.54) is 19.3 Å². The third-order valence-corrected chi connectivity index (χ3v) is 5.98. The average Bonchev–Trinajstić information content (AvgIpc) is 2.60. The molecule has 114 valence electrons. The van der Waals surface area contributed by atoms with Crippen molar-refractivity contribution in [2.75, 3.05) is 0 Å². The molecule has 3 aliphatic carbocycles. The molecule has 1 aromatic heterocycles. The number of aliphatic hydroxyl groups is 1. The Labute approximate surface area is 131 Å². The van der Waals surface area contributed by atoms with Crippen molar-refractivity contribution in [3.8, 4) is 0 Å². The molecule has 0 radical (unpaired) electrons. The van der Waals surface area contributed by atoms with E-state index in [0.29, 0.717) is 17.8 Å². The van der Waals surface area contributed by atoms with E-state index in [2.05, 4.69) is 23.7 Å². The number of pyridine rings is 1. The lowest BCUT2D eigenvalue weighted by atomic mass is 9.58. The fourth-order valence-corrected chi connectivity index (χ4v) is 4.81. The van der Waals surface area contributed by atoms with Crippen LogP contribution >= 0.6 is 0 Å². The smallest absolute Gasteiger partial charge is 0.0828 e. The summed E-state index contributed by atoms with van der Waals surface area (Å²) in [6.45, 7) is 4.00. The lowest BCUT2D eigenvalue weighted by molar-refractivity contribution is -0.0217. The Morgan fingerprint density at radius 2 is 1.95 bits per heavy atom. The lowest BCUT2D eigenvalue weighted by Gasteiger charge is -2.48. The molecule has 0 amide bonds. The number of hydrogen-bond acceptors (Lipinski definition) is 2. The Morgan fingerprint density at radius 3 is 2.73 bits per heavy atom. The van der Waals surface area contributed by atoms with Crippen LogP contribution in [0.1, 0.15) is 37.4 Å². The van der Waals surface area contributed by atoms with Gasteiger partial charge in [-0.1, -0.05) is 24.3 Å². The molecule has 2 bridgehead atoms. The number of aliphatic hydroxyl groups excluding tert-OH is 1. The van der Waals surface area contributed by atoms with Crippen LogP contribution in [0.25, 0.3) is 10.9 Å². The predicted molar refractivity (Wildman–Crippen MR) is 89.3 cm³/mol. The molecule has 2 nitrogen and oxygen atoms in total. The van der Waals surface area contributed by atoms with Crippen LogP contribution in [0.4, 0.5) is 0 Å². The summed E-state index contributed by atoms with van der Waals surface area (Å²) in [6.07, 6.45) is 8.52. The van der Waals surface area contributed by atoms with E-state index in [1.54, 1.807) is 0 Å². The van der Waals surface area contributed by atoms with Crippen LogP contribution in [0, 0.1) is 23.7 Å². The van der Waals surface area contributed by atoms with Gasteiger partial charge in [-0.3, -0.25) is 4.98 Å². The first-order valence-corrected chi connectivity index (χ1v) is 8.42. The normalized spacial score (nSPS) is 32.0. The van der Waals surface area contributed by atoms with E-state index in [1.807, 2.05) is 30.5 Å². The van der Waals surface area contributed by atoms with Crippen molar-refractivity contribution in [1.82, 2.24) is 4.98 Å². The van der Waals surface area contributed by atoms with E-state index < -0.39 is 0 Å². The first-order valence-electron chi connectivity index (χ1n) is 8.42. The second kappa shape index (κ2) is 5.51. The molecule has 3 saturated carbocycles. The first-order chi connectivity index (χ1) is 10.8. The fraction of sp³-hybridized carbons (Fsp3) is 0.450. The molecule has 3 fully saturated rings. The summed E-state index contributed by atoms with van der Waals surface area (Å²) in [7, 11) is 0. The number of aromatic nitrogens is 1. The zero-order valence-corrected chi connectivity index (χ0v) is 12.9. The second-order valence-corrected chi connectivity index (χ2v) is 6.99. The van der Waals surface area contributed by atoms with E-state index in [4.69, 9.17) is 0 Å². The highest BCUT2D eigenvalue weighted by molar-refractivity contribution is 5.82. The molecular formula is C20H23NO. The number of allylic oxidation sites excluding steroid dienone is 1. The minimum atomic E-state index is -0.369. The Bertz CT molecular complexity index is 690. The Morgan fingerprint density at radius 1 is 1.14 bits per heavy atom. The van der Waals surface area contributed by atoms with Crippen molar-refractivity contribution < 1.29 is 5.11 Å². The molecule has 5 rings (SSSR count). The maximum atomic E-state index is 11.1. The van der Waals surface area contributed by atoms with Crippen molar-refractivity contribution in [2.45, 2.75) is 31.8 Å². The van der Waals surface area contributed by atoms with E-state index in [-0.39, 0.29) is 6.10 Å². The minimum Gasteiger partial charge on any atom is -0.388 e. The Kier molecular flexibility index (Phi) is 3.50. The quantitative estimate of drug-likeness (QED) is 0.845. The van der Waals surface area contributed by atoms with Crippen LogP contribution in [0.3, 0.4) is 0 Å². The maximum Gasteiger partial charge on any atom is 0.0828 e. The van der Waals surface area contributed by atoms with Crippen molar-refractivity contribution in [3.63, 3.8) is 0 Å². The summed E-state index contributed by atoms with van der Waals surface area (Å²) in [5, 5.41) is 12.2. The zero-order chi connectivity index (χ0) is 15.1. The van der Waals surface area contributed by atoms with Crippen molar-refractivity contribution >= 4 is 10.9 Å². The summed E-state index contributed by atoms with van der Waals surface area (Å²) in [4.78, 5) is 4.42. The molecular weight excluding hydrogens is 270 g/mol. The van der Waals surface area contributed by atoms with Gasteiger partial charge in [-0.2, -0.15) is 0 Å². The van der Waals surface area contributed by atoms with E-state index in [9.17, 15) is 5.11 Å². The largest absolute Gasteiger partial charge is 0.388 e. The molecule has 22 heavy (non-hydrogen) atoms. The first kappa shape index (κ1) is 14.0. The van der Waals surface area contributed by atoms with Gasteiger partial charge in [-0.05, 0) is 67.1 Å². The van der Waals surface area contributed by atoms with Gasteiger partial charge in [0.15, 0.2) is 0 Å². The minimum absolute atomic E-state index is 0.369. The molecule has 1 aromatic carbocycles. The van der Waals surface area contributed by atoms with Gasteiger partial charge in [0.2, 0.25) is 0 Å². The van der Waals surface area contributed by atoms with Gasteiger partial charge in [0.1, 0.15) is 0 Å². The summed E-state index contributed by atoms with van der Waals surface area (Å²) in [5.41, 5.74) is 2.03.